The summed E-state index contributed by atoms with van der Waals surface area (Å²) in [6.07, 6.45) is 1.50. The number of aryl methyl sites for hydroxylation is 1. The molecule has 0 spiro atoms. The van der Waals surface area contributed by atoms with Crippen LogP contribution in [0.25, 0.3) is 0 Å². The summed E-state index contributed by atoms with van der Waals surface area (Å²) < 4.78 is 10.6. The fourth-order valence-corrected chi connectivity index (χ4v) is 2.42. The van der Waals surface area contributed by atoms with Gasteiger partial charge in [-0.05, 0) is 30.5 Å². The summed E-state index contributed by atoms with van der Waals surface area (Å²) in [5.41, 5.74) is 3.17. The molecule has 0 unspecified atom stereocenters. The summed E-state index contributed by atoms with van der Waals surface area (Å²) in [6.45, 7) is 5.04. The van der Waals surface area contributed by atoms with Crippen molar-refractivity contribution in [2.75, 3.05) is 25.6 Å². The Kier molecular flexibility index (Phi) is 6.52. The third-order valence-corrected chi connectivity index (χ3v) is 3.61. The van der Waals surface area contributed by atoms with Crippen molar-refractivity contribution in [1.82, 2.24) is 10.2 Å². The van der Waals surface area contributed by atoms with Gasteiger partial charge < -0.3 is 14.8 Å². The molecule has 2 rings (SSSR count). The van der Waals surface area contributed by atoms with E-state index in [0.29, 0.717) is 24.6 Å². The number of hydrogen-bond acceptors (Lipinski definition) is 6. The largest absolute Gasteiger partial charge is 0.491 e. The van der Waals surface area contributed by atoms with Gasteiger partial charge >= 0.3 is 0 Å². The quantitative estimate of drug-likeness (QED) is 0.750. The van der Waals surface area contributed by atoms with Gasteiger partial charge in [0.15, 0.2) is 5.82 Å². The van der Waals surface area contributed by atoms with E-state index in [1.165, 1.54) is 0 Å². The van der Waals surface area contributed by atoms with Crippen LogP contribution in [0.3, 0.4) is 0 Å². The molecule has 1 heterocycles. The maximum absolute atomic E-state index is 9.53. The Labute approximate surface area is 142 Å². The first-order chi connectivity index (χ1) is 11.7. The van der Waals surface area contributed by atoms with E-state index in [0.717, 1.165) is 35.5 Å². The lowest BCUT2D eigenvalue weighted by molar-refractivity contribution is 0.146. The molecular formula is C18H22N4O2. The average Bonchev–Trinajstić information content (AvgIpc) is 2.61. The Morgan fingerprint density at radius 1 is 1.17 bits per heavy atom. The normalized spacial score (nSPS) is 10.2. The Balaban J connectivity index is 2.25. The number of hydrogen-bond donors (Lipinski definition) is 1. The van der Waals surface area contributed by atoms with Crippen LogP contribution in [0.15, 0.2) is 24.3 Å². The van der Waals surface area contributed by atoms with Crippen molar-refractivity contribution in [1.29, 1.82) is 5.26 Å². The van der Waals surface area contributed by atoms with Crippen molar-refractivity contribution in [3.63, 3.8) is 0 Å². The third kappa shape index (κ3) is 4.21. The predicted octanol–water partition coefficient (Wildman–Crippen LogP) is 3.24. The number of benzene rings is 1. The number of nitrogens with one attached hydrogen (secondary N) is 1. The van der Waals surface area contributed by atoms with Crippen LogP contribution in [-0.2, 0) is 17.6 Å². The molecule has 1 N–H and O–H groups in total. The highest BCUT2D eigenvalue weighted by Gasteiger charge is 2.14. The van der Waals surface area contributed by atoms with Crippen LogP contribution in [0.2, 0.25) is 0 Å². The minimum absolute atomic E-state index is 0.473. The molecule has 0 saturated carbocycles. The van der Waals surface area contributed by atoms with Crippen LogP contribution >= 0.6 is 0 Å². The molecule has 24 heavy (non-hydrogen) atoms. The number of aromatic nitrogens is 2. The highest BCUT2D eigenvalue weighted by molar-refractivity contribution is 5.65. The number of nitriles is 1. The van der Waals surface area contributed by atoms with Crippen molar-refractivity contribution in [2.24, 2.45) is 0 Å². The monoisotopic (exact) mass is 326 g/mol. The molecular weight excluding hydrogens is 304 g/mol. The Bertz CT molecular complexity index is 725. The average molecular weight is 326 g/mol. The van der Waals surface area contributed by atoms with Crippen LogP contribution in [0.4, 0.5) is 11.5 Å². The summed E-state index contributed by atoms with van der Waals surface area (Å²) in [6, 6.07) is 9.76. The zero-order valence-electron chi connectivity index (χ0n) is 14.3. The fraction of sp³-hybridized carbons (Fsp3) is 0.389. The van der Waals surface area contributed by atoms with Gasteiger partial charge in [-0.1, -0.05) is 19.9 Å². The fourth-order valence-electron chi connectivity index (χ4n) is 2.42. The van der Waals surface area contributed by atoms with E-state index in [4.69, 9.17) is 9.47 Å². The van der Waals surface area contributed by atoms with Gasteiger partial charge in [0.05, 0.1) is 12.3 Å². The molecule has 2 aromatic rings. The second-order valence-corrected chi connectivity index (χ2v) is 5.16. The van der Waals surface area contributed by atoms with E-state index >= 15 is 0 Å². The van der Waals surface area contributed by atoms with Crippen LogP contribution in [-0.4, -0.2) is 30.5 Å². The first-order valence-corrected chi connectivity index (χ1v) is 8.00. The SMILES string of the molecule is CCc1nnc(Nc2cccc(OCCOC)c2)c(C#N)c1CC. The number of nitrogens with zero attached hydrogens (tertiary/aromatic N) is 3. The Morgan fingerprint density at radius 2 is 2.00 bits per heavy atom. The van der Waals surface area contributed by atoms with Crippen LogP contribution in [0.5, 0.6) is 5.75 Å². The highest BCUT2D eigenvalue weighted by atomic mass is 16.5. The minimum atomic E-state index is 0.473. The molecule has 0 saturated heterocycles. The number of ether oxygens (including phenoxy) is 2. The lowest BCUT2D eigenvalue weighted by atomic mass is 10.0. The van der Waals surface area contributed by atoms with Crippen LogP contribution < -0.4 is 10.1 Å². The number of anilines is 2. The van der Waals surface area contributed by atoms with Gasteiger partial charge in [-0.3, -0.25) is 0 Å². The van der Waals surface area contributed by atoms with E-state index < -0.39 is 0 Å². The van der Waals surface area contributed by atoms with Gasteiger partial charge in [0.2, 0.25) is 0 Å². The lowest BCUT2D eigenvalue weighted by Gasteiger charge is -2.13. The highest BCUT2D eigenvalue weighted by Crippen LogP contribution is 2.25. The first-order valence-electron chi connectivity index (χ1n) is 8.00. The second-order valence-electron chi connectivity index (χ2n) is 5.16. The summed E-state index contributed by atoms with van der Waals surface area (Å²) in [5.74, 6) is 1.20. The number of methoxy groups -OCH3 is 1. The molecule has 0 fully saturated rings. The van der Waals surface area contributed by atoms with Crippen LogP contribution in [0.1, 0.15) is 30.7 Å². The van der Waals surface area contributed by atoms with E-state index in [9.17, 15) is 5.26 Å². The van der Waals surface area contributed by atoms with Crippen molar-refractivity contribution >= 4 is 11.5 Å². The van der Waals surface area contributed by atoms with Crippen molar-refractivity contribution in [2.45, 2.75) is 26.7 Å². The maximum Gasteiger partial charge on any atom is 0.171 e. The van der Waals surface area contributed by atoms with Crippen molar-refractivity contribution in [3.05, 3.63) is 41.1 Å². The van der Waals surface area contributed by atoms with Crippen LogP contribution in [0, 0.1) is 11.3 Å². The smallest absolute Gasteiger partial charge is 0.171 e. The second kappa shape index (κ2) is 8.85. The molecule has 6 nitrogen and oxygen atoms in total. The van der Waals surface area contributed by atoms with E-state index in [1.807, 2.05) is 38.1 Å². The molecule has 0 aliphatic carbocycles. The predicted molar refractivity (Wildman–Crippen MR) is 92.6 cm³/mol. The summed E-state index contributed by atoms with van der Waals surface area (Å²) >= 11 is 0. The number of rotatable bonds is 8. The van der Waals surface area contributed by atoms with Gasteiger partial charge in [0, 0.05) is 18.9 Å². The summed E-state index contributed by atoms with van der Waals surface area (Å²) in [4.78, 5) is 0. The molecule has 126 valence electrons. The summed E-state index contributed by atoms with van der Waals surface area (Å²) in [7, 11) is 1.63. The zero-order chi connectivity index (χ0) is 17.4. The Morgan fingerprint density at radius 3 is 2.67 bits per heavy atom. The Hall–Kier alpha value is -2.65. The van der Waals surface area contributed by atoms with Gasteiger partial charge in [-0.25, -0.2) is 0 Å². The summed E-state index contributed by atoms with van der Waals surface area (Å²) in [5, 5.41) is 21.1. The molecule has 0 atom stereocenters. The van der Waals surface area contributed by atoms with Gasteiger partial charge in [0.1, 0.15) is 24.0 Å². The third-order valence-electron chi connectivity index (χ3n) is 3.61. The van der Waals surface area contributed by atoms with E-state index in [1.54, 1.807) is 7.11 Å². The molecule has 6 heteroatoms. The van der Waals surface area contributed by atoms with Crippen molar-refractivity contribution in [3.8, 4) is 11.8 Å². The molecule has 1 aromatic heterocycles. The van der Waals surface area contributed by atoms with E-state index in [2.05, 4.69) is 21.6 Å². The molecule has 0 aliphatic rings. The first kappa shape index (κ1) is 17.7. The topological polar surface area (TPSA) is 80.1 Å². The molecule has 0 bridgehead atoms. The van der Waals surface area contributed by atoms with Gasteiger partial charge in [0.25, 0.3) is 0 Å². The zero-order valence-corrected chi connectivity index (χ0v) is 14.3. The molecule has 1 aromatic carbocycles. The molecule has 0 aliphatic heterocycles. The standard InChI is InChI=1S/C18H22N4O2/c1-4-15-16(12-19)18(22-21-17(15)5-2)20-13-7-6-8-14(11-13)24-10-9-23-3/h6-8,11H,4-5,9-10H2,1-3H3,(H,20,22). The lowest BCUT2D eigenvalue weighted by Crippen LogP contribution is -2.07. The minimum Gasteiger partial charge on any atom is -0.491 e. The van der Waals surface area contributed by atoms with Gasteiger partial charge in [-0.2, -0.15) is 10.4 Å². The molecule has 0 radical (unpaired) electrons. The molecule has 0 amide bonds. The maximum atomic E-state index is 9.53. The van der Waals surface area contributed by atoms with Crippen molar-refractivity contribution < 1.29 is 9.47 Å². The van der Waals surface area contributed by atoms with Gasteiger partial charge in [-0.15, -0.1) is 5.10 Å². The van der Waals surface area contributed by atoms with E-state index in [-0.39, 0.29) is 0 Å².